The van der Waals surface area contributed by atoms with Crippen LogP contribution in [0, 0.1) is 0 Å². The highest BCUT2D eigenvalue weighted by Crippen LogP contribution is 2.37. The van der Waals surface area contributed by atoms with Crippen molar-refractivity contribution in [2.75, 3.05) is 0 Å². The smallest absolute Gasteiger partial charge is 0.419 e. The molecular formula is C12H14F3NO. The summed E-state index contributed by atoms with van der Waals surface area (Å²) in [5, 5.41) is 0. The van der Waals surface area contributed by atoms with Gasteiger partial charge in [0.1, 0.15) is 11.9 Å². The summed E-state index contributed by atoms with van der Waals surface area (Å²) in [7, 11) is 0. The first-order valence-electron chi connectivity index (χ1n) is 5.57. The van der Waals surface area contributed by atoms with E-state index in [2.05, 4.69) is 0 Å². The zero-order valence-electron chi connectivity index (χ0n) is 9.20. The van der Waals surface area contributed by atoms with Gasteiger partial charge in [-0.2, -0.15) is 13.2 Å². The molecule has 0 spiro atoms. The molecular weight excluding hydrogens is 231 g/mol. The molecule has 1 aromatic rings. The van der Waals surface area contributed by atoms with Crippen LogP contribution in [-0.4, -0.2) is 12.1 Å². The molecule has 2 atom stereocenters. The number of benzene rings is 1. The summed E-state index contributed by atoms with van der Waals surface area (Å²) in [6.45, 7) is 0. The highest BCUT2D eigenvalue weighted by Gasteiger charge is 2.35. The summed E-state index contributed by atoms with van der Waals surface area (Å²) in [4.78, 5) is 0. The van der Waals surface area contributed by atoms with Gasteiger partial charge < -0.3 is 10.5 Å². The molecule has 0 heterocycles. The van der Waals surface area contributed by atoms with Crippen molar-refractivity contribution in [1.82, 2.24) is 0 Å². The second kappa shape index (κ2) is 4.56. The number of hydrogen-bond donors (Lipinski definition) is 1. The van der Waals surface area contributed by atoms with E-state index in [1.165, 1.54) is 18.2 Å². The minimum atomic E-state index is -4.39. The Morgan fingerprint density at radius 1 is 1.18 bits per heavy atom. The van der Waals surface area contributed by atoms with E-state index in [4.69, 9.17) is 10.5 Å². The van der Waals surface area contributed by atoms with Gasteiger partial charge in [0, 0.05) is 6.04 Å². The van der Waals surface area contributed by atoms with Crippen LogP contribution >= 0.6 is 0 Å². The third-order valence-electron chi connectivity index (χ3n) is 2.97. The molecule has 0 unspecified atom stereocenters. The zero-order valence-corrected chi connectivity index (χ0v) is 9.20. The molecule has 1 aliphatic carbocycles. The van der Waals surface area contributed by atoms with E-state index in [1.54, 1.807) is 0 Å². The van der Waals surface area contributed by atoms with E-state index in [9.17, 15) is 13.2 Å². The zero-order chi connectivity index (χ0) is 12.5. The Morgan fingerprint density at radius 3 is 2.47 bits per heavy atom. The lowest BCUT2D eigenvalue weighted by Crippen LogP contribution is -2.34. The molecule has 0 saturated heterocycles. The highest BCUT2D eigenvalue weighted by molar-refractivity contribution is 5.35. The Hall–Kier alpha value is -1.23. The number of halogens is 3. The lowest BCUT2D eigenvalue weighted by Gasteiger charge is -2.20. The van der Waals surface area contributed by atoms with Crippen molar-refractivity contribution in [2.24, 2.45) is 5.73 Å². The highest BCUT2D eigenvalue weighted by atomic mass is 19.4. The third-order valence-corrected chi connectivity index (χ3v) is 2.97. The molecule has 94 valence electrons. The largest absolute Gasteiger partial charge is 0.488 e. The molecule has 17 heavy (non-hydrogen) atoms. The molecule has 1 aromatic carbocycles. The van der Waals surface area contributed by atoms with Crippen molar-refractivity contribution < 1.29 is 17.9 Å². The van der Waals surface area contributed by atoms with Gasteiger partial charge in [0.05, 0.1) is 5.56 Å². The minimum Gasteiger partial charge on any atom is -0.488 e. The number of rotatable bonds is 2. The summed E-state index contributed by atoms with van der Waals surface area (Å²) in [6, 6.07) is 5.08. The van der Waals surface area contributed by atoms with Gasteiger partial charge in [0.15, 0.2) is 0 Å². The second-order valence-corrected chi connectivity index (χ2v) is 4.24. The summed E-state index contributed by atoms with van der Waals surface area (Å²) >= 11 is 0. The monoisotopic (exact) mass is 245 g/mol. The van der Waals surface area contributed by atoms with Crippen LogP contribution in [0.1, 0.15) is 24.8 Å². The standard InChI is InChI=1S/C12H14F3NO/c13-12(14,15)8-4-1-2-6-10(8)17-11-7-3-5-9(11)16/h1-2,4,6,9,11H,3,5,7,16H2/t9-,11-/m1/s1. The molecule has 2 rings (SSSR count). The average molecular weight is 245 g/mol. The molecule has 0 aromatic heterocycles. The maximum Gasteiger partial charge on any atom is 0.419 e. The molecule has 0 radical (unpaired) electrons. The van der Waals surface area contributed by atoms with E-state index in [-0.39, 0.29) is 17.9 Å². The van der Waals surface area contributed by atoms with Crippen LogP contribution in [-0.2, 0) is 6.18 Å². The first-order chi connectivity index (χ1) is 7.98. The number of para-hydroxylation sites is 1. The first kappa shape index (κ1) is 12.2. The maximum absolute atomic E-state index is 12.7. The molecule has 2 N–H and O–H groups in total. The Labute approximate surface area is 97.6 Å². The lowest BCUT2D eigenvalue weighted by molar-refractivity contribution is -0.139. The summed E-state index contributed by atoms with van der Waals surface area (Å²) in [6.07, 6.45) is -2.27. The number of ether oxygens (including phenoxy) is 1. The van der Waals surface area contributed by atoms with Crippen LogP contribution in [0.5, 0.6) is 5.75 Å². The molecule has 5 heteroatoms. The first-order valence-corrected chi connectivity index (χ1v) is 5.57. The normalized spacial score (nSPS) is 24.9. The van der Waals surface area contributed by atoms with Crippen molar-refractivity contribution in [3.8, 4) is 5.75 Å². The molecule has 2 nitrogen and oxygen atoms in total. The summed E-state index contributed by atoms with van der Waals surface area (Å²) < 4.78 is 43.5. The van der Waals surface area contributed by atoms with Crippen LogP contribution in [0.3, 0.4) is 0 Å². The van der Waals surface area contributed by atoms with Crippen LogP contribution in [0.2, 0.25) is 0 Å². The minimum absolute atomic E-state index is 0.123. The van der Waals surface area contributed by atoms with Crippen LogP contribution in [0.25, 0.3) is 0 Å². The van der Waals surface area contributed by atoms with E-state index < -0.39 is 11.7 Å². The topological polar surface area (TPSA) is 35.2 Å². The average Bonchev–Trinajstić information content (AvgIpc) is 2.64. The fourth-order valence-electron chi connectivity index (χ4n) is 2.07. The van der Waals surface area contributed by atoms with Gasteiger partial charge in [0.25, 0.3) is 0 Å². The number of hydrogen-bond acceptors (Lipinski definition) is 2. The van der Waals surface area contributed by atoms with Crippen LogP contribution < -0.4 is 10.5 Å². The summed E-state index contributed by atoms with van der Waals surface area (Å²) in [5.41, 5.74) is 5.04. The Kier molecular flexibility index (Phi) is 3.28. The van der Waals surface area contributed by atoms with E-state index >= 15 is 0 Å². The predicted octanol–water partition coefficient (Wildman–Crippen LogP) is 2.96. The van der Waals surface area contributed by atoms with Gasteiger partial charge in [0.2, 0.25) is 0 Å². The van der Waals surface area contributed by atoms with Gasteiger partial charge in [-0.25, -0.2) is 0 Å². The lowest BCUT2D eigenvalue weighted by atomic mass is 10.2. The fraction of sp³-hybridized carbons (Fsp3) is 0.500. The SMILES string of the molecule is N[C@@H]1CCC[C@H]1Oc1ccccc1C(F)(F)F. The number of nitrogens with two attached hydrogens (primary N) is 1. The van der Waals surface area contributed by atoms with Gasteiger partial charge in [-0.3, -0.25) is 0 Å². The number of alkyl halides is 3. The van der Waals surface area contributed by atoms with Crippen molar-refractivity contribution in [1.29, 1.82) is 0 Å². The van der Waals surface area contributed by atoms with Crippen LogP contribution in [0.15, 0.2) is 24.3 Å². The Morgan fingerprint density at radius 2 is 1.88 bits per heavy atom. The molecule has 0 amide bonds. The van der Waals surface area contributed by atoms with E-state index in [0.717, 1.165) is 18.9 Å². The van der Waals surface area contributed by atoms with Crippen LogP contribution in [0.4, 0.5) is 13.2 Å². The molecule has 1 aliphatic rings. The maximum atomic E-state index is 12.7. The second-order valence-electron chi connectivity index (χ2n) is 4.24. The van der Waals surface area contributed by atoms with Gasteiger partial charge in [-0.15, -0.1) is 0 Å². The fourth-order valence-corrected chi connectivity index (χ4v) is 2.07. The third kappa shape index (κ3) is 2.72. The molecule has 1 saturated carbocycles. The van der Waals surface area contributed by atoms with Crippen molar-refractivity contribution in [2.45, 2.75) is 37.6 Å². The van der Waals surface area contributed by atoms with Gasteiger partial charge >= 0.3 is 6.18 Å². The Balaban J connectivity index is 2.21. The van der Waals surface area contributed by atoms with Crippen molar-refractivity contribution >= 4 is 0 Å². The molecule has 0 aliphatic heterocycles. The van der Waals surface area contributed by atoms with Gasteiger partial charge in [-0.05, 0) is 31.4 Å². The van der Waals surface area contributed by atoms with E-state index in [1.807, 2.05) is 0 Å². The molecule has 1 fully saturated rings. The Bertz CT molecular complexity index is 392. The quantitative estimate of drug-likeness (QED) is 0.869. The van der Waals surface area contributed by atoms with Crippen molar-refractivity contribution in [3.05, 3.63) is 29.8 Å². The summed E-state index contributed by atoms with van der Waals surface area (Å²) in [5.74, 6) is -0.123. The van der Waals surface area contributed by atoms with Crippen molar-refractivity contribution in [3.63, 3.8) is 0 Å². The predicted molar refractivity (Wildman–Crippen MR) is 57.7 cm³/mol. The van der Waals surface area contributed by atoms with E-state index in [0.29, 0.717) is 6.42 Å². The molecule has 0 bridgehead atoms. The van der Waals surface area contributed by atoms with Gasteiger partial charge in [-0.1, -0.05) is 12.1 Å².